The molecule has 0 spiro atoms. The molecule has 0 saturated carbocycles. The Balaban J connectivity index is 1.64. The molecule has 2 aromatic heterocycles. The Morgan fingerprint density at radius 3 is 3.12 bits per heavy atom. The molecule has 128 valence electrons. The van der Waals surface area contributed by atoms with Gasteiger partial charge in [0, 0.05) is 54.1 Å². The van der Waals surface area contributed by atoms with Crippen molar-refractivity contribution in [2.45, 2.75) is 26.4 Å². The van der Waals surface area contributed by atoms with E-state index in [4.69, 9.17) is 28.2 Å². The van der Waals surface area contributed by atoms with Gasteiger partial charge in [0.15, 0.2) is 10.2 Å². The van der Waals surface area contributed by atoms with E-state index in [0.717, 1.165) is 36.3 Å². The number of nitrogens with one attached hydrogen (secondary N) is 1. The van der Waals surface area contributed by atoms with E-state index < -0.39 is 0 Å². The highest BCUT2D eigenvalue weighted by atomic mass is 35.5. The normalized spacial score (nSPS) is 14.6. The zero-order valence-corrected chi connectivity index (χ0v) is 15.2. The summed E-state index contributed by atoms with van der Waals surface area (Å²) in [6.07, 6.45) is 4.22. The standard InChI is InChI=1S/C18H16ClN3O2S/c1-10-4-16-13(5-14(10)19)17(23)12(9-24-16)8-22-3-2-15-11(7-22)6-20-18(25)21-15/h4-6,9H,2-3,7-8H2,1H3,(H,20,21,25). The van der Waals surface area contributed by atoms with Gasteiger partial charge in [-0.05, 0) is 36.8 Å². The molecule has 4 rings (SSSR count). The Kier molecular flexibility index (Phi) is 4.19. The fourth-order valence-corrected chi connectivity index (χ4v) is 3.52. The van der Waals surface area contributed by atoms with Gasteiger partial charge in [0.1, 0.15) is 5.58 Å². The summed E-state index contributed by atoms with van der Waals surface area (Å²) < 4.78 is 6.18. The van der Waals surface area contributed by atoms with Crippen LogP contribution in [-0.4, -0.2) is 21.4 Å². The quantitative estimate of drug-likeness (QED) is 0.693. The first kappa shape index (κ1) is 16.4. The van der Waals surface area contributed by atoms with Gasteiger partial charge in [-0.2, -0.15) is 0 Å². The van der Waals surface area contributed by atoms with Crippen LogP contribution in [0.15, 0.2) is 33.8 Å². The van der Waals surface area contributed by atoms with Crippen molar-refractivity contribution in [3.05, 3.63) is 67.0 Å². The summed E-state index contributed by atoms with van der Waals surface area (Å²) in [5.41, 5.74) is 4.30. The smallest absolute Gasteiger partial charge is 0.197 e. The molecule has 0 unspecified atom stereocenters. The summed E-state index contributed by atoms with van der Waals surface area (Å²) in [7, 11) is 0. The monoisotopic (exact) mass is 373 g/mol. The van der Waals surface area contributed by atoms with Crippen LogP contribution in [0.5, 0.6) is 0 Å². The van der Waals surface area contributed by atoms with Gasteiger partial charge in [-0.3, -0.25) is 9.69 Å². The molecule has 1 aliphatic rings. The molecule has 3 aromatic rings. The Hall–Kier alpha value is -2.02. The van der Waals surface area contributed by atoms with Crippen molar-refractivity contribution < 1.29 is 4.42 Å². The number of hydrogen-bond acceptors (Lipinski definition) is 5. The fraction of sp³-hybridized carbons (Fsp3) is 0.278. The average molecular weight is 374 g/mol. The van der Waals surface area contributed by atoms with Gasteiger partial charge in [-0.25, -0.2) is 4.98 Å². The number of aryl methyl sites for hydroxylation is 1. The Morgan fingerprint density at radius 1 is 1.44 bits per heavy atom. The van der Waals surface area contributed by atoms with Gasteiger partial charge < -0.3 is 9.40 Å². The van der Waals surface area contributed by atoms with Gasteiger partial charge in [-0.15, -0.1) is 0 Å². The summed E-state index contributed by atoms with van der Waals surface area (Å²) in [4.78, 5) is 22.3. The number of halogens is 1. The topological polar surface area (TPSA) is 62.1 Å². The summed E-state index contributed by atoms with van der Waals surface area (Å²) in [5, 5.41) is 1.10. The van der Waals surface area contributed by atoms with E-state index in [1.807, 2.05) is 13.1 Å². The lowest BCUT2D eigenvalue weighted by molar-refractivity contribution is 0.240. The van der Waals surface area contributed by atoms with Crippen molar-refractivity contribution in [3.8, 4) is 0 Å². The van der Waals surface area contributed by atoms with Crippen LogP contribution >= 0.6 is 23.8 Å². The third kappa shape index (κ3) is 3.13. The Bertz CT molecular complexity index is 1090. The molecule has 0 atom stereocenters. The predicted octanol–water partition coefficient (Wildman–Crippen LogP) is 3.77. The lowest BCUT2D eigenvalue weighted by atomic mass is 10.1. The zero-order chi connectivity index (χ0) is 17.6. The third-order valence-electron chi connectivity index (χ3n) is 4.57. The molecule has 0 bridgehead atoms. The van der Waals surface area contributed by atoms with Gasteiger partial charge in [0.05, 0.1) is 11.6 Å². The molecule has 5 nitrogen and oxygen atoms in total. The fourth-order valence-electron chi connectivity index (χ4n) is 3.18. The minimum atomic E-state index is -0.0282. The van der Waals surface area contributed by atoms with Crippen LogP contribution in [-0.2, 0) is 19.5 Å². The third-order valence-corrected chi connectivity index (χ3v) is 5.19. The lowest BCUT2D eigenvalue weighted by Gasteiger charge is -2.27. The highest BCUT2D eigenvalue weighted by molar-refractivity contribution is 7.71. The van der Waals surface area contributed by atoms with Gasteiger partial charge in [0.2, 0.25) is 0 Å². The molecule has 0 aliphatic carbocycles. The molecule has 0 fully saturated rings. The molecule has 7 heteroatoms. The Morgan fingerprint density at radius 2 is 2.28 bits per heavy atom. The van der Waals surface area contributed by atoms with Crippen molar-refractivity contribution in [1.82, 2.24) is 14.9 Å². The van der Waals surface area contributed by atoms with Crippen LogP contribution in [0.4, 0.5) is 0 Å². The number of aromatic amines is 1. The summed E-state index contributed by atoms with van der Waals surface area (Å²) >= 11 is 11.2. The predicted molar refractivity (Wildman–Crippen MR) is 99.5 cm³/mol. The number of rotatable bonds is 2. The van der Waals surface area contributed by atoms with Gasteiger partial charge in [-0.1, -0.05) is 11.6 Å². The van der Waals surface area contributed by atoms with E-state index in [-0.39, 0.29) is 5.43 Å². The van der Waals surface area contributed by atoms with E-state index in [1.54, 1.807) is 18.4 Å². The second-order valence-electron chi connectivity index (χ2n) is 6.34. The molecule has 0 radical (unpaired) electrons. The van der Waals surface area contributed by atoms with Crippen molar-refractivity contribution in [3.63, 3.8) is 0 Å². The summed E-state index contributed by atoms with van der Waals surface area (Å²) in [5.74, 6) is 0. The zero-order valence-electron chi connectivity index (χ0n) is 13.6. The molecule has 0 saturated heterocycles. The van der Waals surface area contributed by atoms with E-state index in [2.05, 4.69) is 14.9 Å². The van der Waals surface area contributed by atoms with Crippen LogP contribution in [0, 0.1) is 11.7 Å². The van der Waals surface area contributed by atoms with E-state index in [0.29, 0.717) is 32.9 Å². The first-order valence-corrected chi connectivity index (χ1v) is 8.80. The van der Waals surface area contributed by atoms with E-state index in [1.165, 1.54) is 0 Å². The lowest BCUT2D eigenvalue weighted by Crippen LogP contribution is -2.32. The number of fused-ring (bicyclic) bond motifs is 2. The molecular weight excluding hydrogens is 358 g/mol. The minimum Gasteiger partial charge on any atom is -0.464 e. The largest absolute Gasteiger partial charge is 0.464 e. The maximum absolute atomic E-state index is 12.8. The maximum atomic E-state index is 12.8. The first-order valence-electron chi connectivity index (χ1n) is 8.01. The minimum absolute atomic E-state index is 0.0282. The highest BCUT2D eigenvalue weighted by Gasteiger charge is 2.19. The van der Waals surface area contributed by atoms with Crippen molar-refractivity contribution in [1.29, 1.82) is 0 Å². The van der Waals surface area contributed by atoms with Crippen LogP contribution < -0.4 is 5.43 Å². The molecule has 3 heterocycles. The van der Waals surface area contributed by atoms with Crippen LogP contribution in [0.2, 0.25) is 5.02 Å². The molecule has 1 N–H and O–H groups in total. The Labute approximate surface area is 154 Å². The summed E-state index contributed by atoms with van der Waals surface area (Å²) in [6, 6.07) is 3.49. The molecule has 25 heavy (non-hydrogen) atoms. The number of aromatic nitrogens is 2. The van der Waals surface area contributed by atoms with E-state index in [9.17, 15) is 4.79 Å². The van der Waals surface area contributed by atoms with E-state index >= 15 is 0 Å². The highest BCUT2D eigenvalue weighted by Crippen LogP contribution is 2.23. The first-order chi connectivity index (χ1) is 12.0. The number of benzene rings is 1. The van der Waals surface area contributed by atoms with Crippen molar-refractivity contribution in [2.24, 2.45) is 0 Å². The number of nitrogens with zero attached hydrogens (tertiary/aromatic N) is 2. The van der Waals surface area contributed by atoms with Crippen LogP contribution in [0.1, 0.15) is 22.4 Å². The van der Waals surface area contributed by atoms with Crippen LogP contribution in [0.25, 0.3) is 11.0 Å². The second-order valence-corrected chi connectivity index (χ2v) is 7.13. The van der Waals surface area contributed by atoms with Crippen LogP contribution in [0.3, 0.4) is 0 Å². The maximum Gasteiger partial charge on any atom is 0.197 e. The average Bonchev–Trinajstić information content (AvgIpc) is 2.59. The SMILES string of the molecule is Cc1cc2occ(CN3CCc4[nH]c(=S)ncc4C3)c(=O)c2cc1Cl. The molecule has 1 aromatic carbocycles. The number of H-pyrrole nitrogens is 1. The molecule has 0 amide bonds. The van der Waals surface area contributed by atoms with Gasteiger partial charge >= 0.3 is 0 Å². The van der Waals surface area contributed by atoms with Crippen molar-refractivity contribution >= 4 is 34.8 Å². The molecule has 1 aliphatic heterocycles. The van der Waals surface area contributed by atoms with Crippen molar-refractivity contribution in [2.75, 3.05) is 6.54 Å². The molecular formula is C18H16ClN3O2S. The second kappa shape index (κ2) is 6.37. The summed E-state index contributed by atoms with van der Waals surface area (Å²) in [6.45, 7) is 3.98. The van der Waals surface area contributed by atoms with Gasteiger partial charge in [0.25, 0.3) is 0 Å². The number of hydrogen-bond donors (Lipinski definition) is 1.